The van der Waals surface area contributed by atoms with Gasteiger partial charge in [0, 0.05) is 12.6 Å². The maximum absolute atomic E-state index is 5.32. The highest BCUT2D eigenvalue weighted by atomic mass is 16.3. The van der Waals surface area contributed by atoms with E-state index in [-0.39, 0.29) is 0 Å². The molecule has 0 saturated heterocycles. The van der Waals surface area contributed by atoms with Gasteiger partial charge in [-0.05, 0) is 38.7 Å². The van der Waals surface area contributed by atoms with E-state index in [0.29, 0.717) is 6.04 Å². The Kier molecular flexibility index (Phi) is 4.77. The molecule has 1 atom stereocenters. The van der Waals surface area contributed by atoms with E-state index in [2.05, 4.69) is 55.5 Å². The van der Waals surface area contributed by atoms with Crippen LogP contribution < -0.4 is 5.32 Å². The molecule has 3 heteroatoms. The molecule has 1 unspecified atom stereocenters. The summed E-state index contributed by atoms with van der Waals surface area (Å²) in [5, 5.41) is 3.45. The molecule has 0 amide bonds. The molecule has 0 aliphatic carbocycles. The minimum absolute atomic E-state index is 0.371. The molecule has 1 aromatic carbocycles. The second-order valence-electron chi connectivity index (χ2n) is 5.10. The van der Waals surface area contributed by atoms with E-state index in [1.54, 1.807) is 6.26 Å². The first-order valence-electron chi connectivity index (χ1n) is 6.63. The minimum Gasteiger partial charge on any atom is -0.468 e. The Labute approximate surface area is 115 Å². The first kappa shape index (κ1) is 13.8. The monoisotopic (exact) mass is 258 g/mol. The first-order chi connectivity index (χ1) is 9.16. The van der Waals surface area contributed by atoms with Crippen molar-refractivity contribution in [3.05, 3.63) is 59.5 Å². The fraction of sp³-hybridized carbons (Fsp3) is 0.375. The molecule has 1 aromatic heterocycles. The normalized spacial score (nSPS) is 12.8. The lowest BCUT2D eigenvalue weighted by Gasteiger charge is -2.25. The minimum atomic E-state index is 0.371. The van der Waals surface area contributed by atoms with Gasteiger partial charge in [-0.25, -0.2) is 0 Å². The Morgan fingerprint density at radius 3 is 2.47 bits per heavy atom. The maximum Gasteiger partial charge on any atom is 0.117 e. The van der Waals surface area contributed by atoms with Gasteiger partial charge in [-0.15, -0.1) is 0 Å². The van der Waals surface area contributed by atoms with Gasteiger partial charge in [-0.1, -0.05) is 29.8 Å². The number of rotatable bonds is 6. The molecule has 0 spiro atoms. The van der Waals surface area contributed by atoms with Gasteiger partial charge < -0.3 is 14.6 Å². The van der Waals surface area contributed by atoms with Crippen LogP contribution in [0.25, 0.3) is 0 Å². The zero-order chi connectivity index (χ0) is 13.7. The van der Waals surface area contributed by atoms with Crippen LogP contribution in [0.1, 0.15) is 22.9 Å². The molecule has 1 heterocycles. The summed E-state index contributed by atoms with van der Waals surface area (Å²) in [5.41, 5.74) is 2.63. The summed E-state index contributed by atoms with van der Waals surface area (Å²) in [6.07, 6.45) is 1.71. The fourth-order valence-electron chi connectivity index (χ4n) is 2.13. The first-order valence-corrected chi connectivity index (χ1v) is 6.63. The van der Waals surface area contributed by atoms with Gasteiger partial charge in [0.2, 0.25) is 0 Å². The van der Waals surface area contributed by atoms with Crippen molar-refractivity contribution in [2.75, 3.05) is 20.6 Å². The summed E-state index contributed by atoms with van der Waals surface area (Å²) >= 11 is 0. The molecular formula is C16H22N2O. The van der Waals surface area contributed by atoms with E-state index in [1.807, 2.05) is 12.1 Å². The van der Waals surface area contributed by atoms with Crippen LogP contribution in [0.3, 0.4) is 0 Å². The van der Waals surface area contributed by atoms with E-state index < -0.39 is 0 Å². The lowest BCUT2D eigenvalue weighted by atomic mass is 10.0. The van der Waals surface area contributed by atoms with Crippen LogP contribution in [0, 0.1) is 6.92 Å². The molecule has 3 nitrogen and oxygen atoms in total. The van der Waals surface area contributed by atoms with Crippen LogP contribution in [0.4, 0.5) is 0 Å². The Hall–Kier alpha value is -1.58. The fourth-order valence-corrected chi connectivity index (χ4v) is 2.13. The highest BCUT2D eigenvalue weighted by Crippen LogP contribution is 2.18. The van der Waals surface area contributed by atoms with Crippen LogP contribution >= 0.6 is 0 Å². The average Bonchev–Trinajstić information content (AvgIpc) is 2.89. The van der Waals surface area contributed by atoms with E-state index in [4.69, 9.17) is 4.42 Å². The molecule has 0 saturated carbocycles. The summed E-state index contributed by atoms with van der Waals surface area (Å²) in [6, 6.07) is 13.0. The zero-order valence-electron chi connectivity index (χ0n) is 11.9. The Bertz CT molecular complexity index is 474. The average molecular weight is 258 g/mol. The third-order valence-corrected chi connectivity index (χ3v) is 3.30. The Morgan fingerprint density at radius 1 is 1.16 bits per heavy atom. The van der Waals surface area contributed by atoms with Crippen molar-refractivity contribution >= 4 is 0 Å². The van der Waals surface area contributed by atoms with Gasteiger partial charge >= 0.3 is 0 Å². The lowest BCUT2D eigenvalue weighted by molar-refractivity contribution is 0.285. The molecule has 0 fully saturated rings. The van der Waals surface area contributed by atoms with E-state index in [0.717, 1.165) is 18.8 Å². The van der Waals surface area contributed by atoms with Crippen molar-refractivity contribution < 1.29 is 4.42 Å². The van der Waals surface area contributed by atoms with Crippen LogP contribution in [0.15, 0.2) is 47.1 Å². The highest BCUT2D eigenvalue weighted by molar-refractivity contribution is 5.24. The van der Waals surface area contributed by atoms with Crippen LogP contribution in [0.5, 0.6) is 0 Å². The van der Waals surface area contributed by atoms with Crippen molar-refractivity contribution in [1.82, 2.24) is 10.2 Å². The number of nitrogens with one attached hydrogen (secondary N) is 1. The van der Waals surface area contributed by atoms with Crippen LogP contribution in [0.2, 0.25) is 0 Å². The smallest absolute Gasteiger partial charge is 0.117 e. The molecule has 1 N–H and O–H groups in total. The Balaban J connectivity index is 1.94. The summed E-state index contributed by atoms with van der Waals surface area (Å²) < 4.78 is 5.32. The van der Waals surface area contributed by atoms with E-state index in [9.17, 15) is 0 Å². The number of likely N-dealkylation sites (N-methyl/N-ethyl adjacent to an activating group) is 1. The number of furan rings is 1. The third-order valence-electron chi connectivity index (χ3n) is 3.30. The number of benzene rings is 1. The number of hydrogen-bond acceptors (Lipinski definition) is 3. The predicted molar refractivity (Wildman–Crippen MR) is 78.0 cm³/mol. The quantitative estimate of drug-likeness (QED) is 0.863. The molecule has 0 radical (unpaired) electrons. The van der Waals surface area contributed by atoms with Crippen molar-refractivity contribution in [3.8, 4) is 0 Å². The zero-order valence-corrected chi connectivity index (χ0v) is 11.9. The van der Waals surface area contributed by atoms with Gasteiger partial charge in [0.1, 0.15) is 5.76 Å². The second kappa shape index (κ2) is 6.55. The number of aryl methyl sites for hydroxylation is 1. The van der Waals surface area contributed by atoms with E-state index >= 15 is 0 Å². The third kappa shape index (κ3) is 3.94. The van der Waals surface area contributed by atoms with Gasteiger partial charge in [0.25, 0.3) is 0 Å². The molecule has 2 aromatic rings. The van der Waals surface area contributed by atoms with E-state index in [1.165, 1.54) is 11.1 Å². The SMILES string of the molecule is Cc1ccc(C(CNCc2ccco2)N(C)C)cc1. The summed E-state index contributed by atoms with van der Waals surface area (Å²) in [6.45, 7) is 3.78. The van der Waals surface area contributed by atoms with Gasteiger partial charge in [-0.3, -0.25) is 0 Å². The molecule has 0 aliphatic rings. The molecule has 19 heavy (non-hydrogen) atoms. The summed E-state index contributed by atoms with van der Waals surface area (Å²) in [4.78, 5) is 2.24. The predicted octanol–water partition coefficient (Wildman–Crippen LogP) is 2.98. The summed E-state index contributed by atoms with van der Waals surface area (Å²) in [7, 11) is 4.22. The molecular weight excluding hydrogens is 236 g/mol. The number of hydrogen-bond donors (Lipinski definition) is 1. The molecule has 2 rings (SSSR count). The van der Waals surface area contributed by atoms with Crippen molar-refractivity contribution in [1.29, 1.82) is 0 Å². The van der Waals surface area contributed by atoms with Gasteiger partial charge in [-0.2, -0.15) is 0 Å². The molecule has 0 aliphatic heterocycles. The largest absolute Gasteiger partial charge is 0.468 e. The standard InChI is InChI=1S/C16H22N2O/c1-13-6-8-14(9-7-13)16(18(2)3)12-17-11-15-5-4-10-19-15/h4-10,16-17H,11-12H2,1-3H3. The van der Waals surface area contributed by atoms with Gasteiger partial charge in [0.15, 0.2) is 0 Å². The molecule has 0 bridgehead atoms. The van der Waals surface area contributed by atoms with Crippen molar-refractivity contribution in [2.24, 2.45) is 0 Å². The highest BCUT2D eigenvalue weighted by Gasteiger charge is 2.13. The maximum atomic E-state index is 5.32. The second-order valence-corrected chi connectivity index (χ2v) is 5.10. The summed E-state index contributed by atoms with van der Waals surface area (Å²) in [5.74, 6) is 0.974. The lowest BCUT2D eigenvalue weighted by Crippen LogP contribution is -2.30. The van der Waals surface area contributed by atoms with Crippen LogP contribution in [-0.2, 0) is 6.54 Å². The molecule has 102 valence electrons. The topological polar surface area (TPSA) is 28.4 Å². The van der Waals surface area contributed by atoms with Crippen LogP contribution in [-0.4, -0.2) is 25.5 Å². The van der Waals surface area contributed by atoms with Crippen molar-refractivity contribution in [3.63, 3.8) is 0 Å². The number of nitrogens with zero attached hydrogens (tertiary/aromatic N) is 1. The van der Waals surface area contributed by atoms with Gasteiger partial charge in [0.05, 0.1) is 12.8 Å². The van der Waals surface area contributed by atoms with Crippen molar-refractivity contribution in [2.45, 2.75) is 19.5 Å². The Morgan fingerprint density at radius 2 is 1.89 bits per heavy atom.